The van der Waals surface area contributed by atoms with E-state index < -0.39 is 28.5 Å². The van der Waals surface area contributed by atoms with Gasteiger partial charge in [0.25, 0.3) is 0 Å². The molecule has 2 atom stereocenters. The molecule has 3 aromatic rings. The van der Waals surface area contributed by atoms with Crippen LogP contribution in [-0.2, 0) is 32.6 Å². The first-order valence-corrected chi connectivity index (χ1v) is 15.7. The Bertz CT molecular complexity index is 1440. The number of benzene rings is 3. The molecule has 2 amide bonds. The number of halogens is 3. The van der Waals surface area contributed by atoms with Crippen LogP contribution in [0.1, 0.15) is 31.4 Å². The lowest BCUT2D eigenvalue weighted by Gasteiger charge is -2.34. The molecule has 1 N–H and O–H groups in total. The van der Waals surface area contributed by atoms with Gasteiger partial charge in [0, 0.05) is 29.1 Å². The van der Waals surface area contributed by atoms with Crippen LogP contribution < -0.4 is 9.62 Å². The second-order valence-electron chi connectivity index (χ2n) is 9.50. The van der Waals surface area contributed by atoms with Gasteiger partial charge in [0.15, 0.2) is 0 Å². The summed E-state index contributed by atoms with van der Waals surface area (Å²) in [5.41, 5.74) is 1.55. The smallest absolute Gasteiger partial charge is 0.244 e. The zero-order chi connectivity index (χ0) is 29.4. The fraction of sp³-hybridized carbons (Fsp3) is 0.310. The van der Waals surface area contributed by atoms with Crippen LogP contribution in [0.15, 0.2) is 72.8 Å². The lowest BCUT2D eigenvalue weighted by atomic mass is 10.0. The summed E-state index contributed by atoms with van der Waals surface area (Å²) < 4.78 is 26.7. The van der Waals surface area contributed by atoms with Gasteiger partial charge < -0.3 is 10.2 Å². The van der Waals surface area contributed by atoms with E-state index >= 15 is 0 Å². The molecule has 0 fully saturated rings. The van der Waals surface area contributed by atoms with Crippen LogP contribution in [0.4, 0.5) is 5.69 Å². The Balaban J connectivity index is 2.09. The van der Waals surface area contributed by atoms with E-state index in [1.54, 1.807) is 24.3 Å². The molecule has 0 aliphatic rings. The highest BCUT2D eigenvalue weighted by Gasteiger charge is 2.34. The summed E-state index contributed by atoms with van der Waals surface area (Å²) in [6.07, 6.45) is 1.89. The molecule has 0 aliphatic carbocycles. The van der Waals surface area contributed by atoms with Crippen molar-refractivity contribution >= 4 is 62.3 Å². The lowest BCUT2D eigenvalue weighted by Crippen LogP contribution is -2.54. The number of nitrogens with one attached hydrogen (secondary N) is 1. The summed E-state index contributed by atoms with van der Waals surface area (Å²) in [5.74, 6) is -0.953. The molecule has 0 saturated heterocycles. The molecule has 40 heavy (non-hydrogen) atoms. The summed E-state index contributed by atoms with van der Waals surface area (Å²) in [4.78, 5) is 29.1. The number of hydrogen-bond acceptors (Lipinski definition) is 4. The quantitative estimate of drug-likeness (QED) is 0.269. The summed E-state index contributed by atoms with van der Waals surface area (Å²) >= 11 is 18.8. The van der Waals surface area contributed by atoms with Gasteiger partial charge in [0.2, 0.25) is 21.8 Å². The van der Waals surface area contributed by atoms with Gasteiger partial charge >= 0.3 is 0 Å². The van der Waals surface area contributed by atoms with Crippen molar-refractivity contribution in [3.63, 3.8) is 0 Å². The van der Waals surface area contributed by atoms with E-state index in [1.165, 1.54) is 23.1 Å². The Morgan fingerprint density at radius 1 is 0.925 bits per heavy atom. The van der Waals surface area contributed by atoms with Crippen LogP contribution in [0.2, 0.25) is 15.1 Å². The predicted molar refractivity (Wildman–Crippen MR) is 162 cm³/mol. The lowest BCUT2D eigenvalue weighted by molar-refractivity contribution is -0.140. The second kappa shape index (κ2) is 14.2. The van der Waals surface area contributed by atoms with Crippen molar-refractivity contribution in [3.05, 3.63) is 99.0 Å². The van der Waals surface area contributed by atoms with Gasteiger partial charge in [0.05, 0.1) is 17.0 Å². The topological polar surface area (TPSA) is 86.8 Å². The zero-order valence-electron chi connectivity index (χ0n) is 22.5. The molecular weight excluding hydrogens is 593 g/mol. The predicted octanol–water partition coefficient (Wildman–Crippen LogP) is 5.97. The first kappa shape index (κ1) is 31.7. The van der Waals surface area contributed by atoms with Crippen molar-refractivity contribution in [1.82, 2.24) is 10.2 Å². The van der Waals surface area contributed by atoms with Crippen LogP contribution in [0, 0.1) is 0 Å². The number of carbonyl (C=O) groups is 2. The van der Waals surface area contributed by atoms with Gasteiger partial charge in [0.1, 0.15) is 12.6 Å². The maximum absolute atomic E-state index is 14.1. The molecule has 3 rings (SSSR count). The van der Waals surface area contributed by atoms with E-state index in [0.717, 1.165) is 16.1 Å². The third kappa shape index (κ3) is 8.61. The highest BCUT2D eigenvalue weighted by Crippen LogP contribution is 2.31. The van der Waals surface area contributed by atoms with Crippen molar-refractivity contribution in [2.24, 2.45) is 0 Å². The van der Waals surface area contributed by atoms with Gasteiger partial charge in [-0.2, -0.15) is 0 Å². The molecule has 7 nitrogen and oxygen atoms in total. The van der Waals surface area contributed by atoms with E-state index in [-0.39, 0.29) is 35.6 Å². The molecule has 0 spiro atoms. The monoisotopic (exact) mass is 623 g/mol. The number of anilines is 1. The van der Waals surface area contributed by atoms with Crippen molar-refractivity contribution in [2.45, 2.75) is 45.3 Å². The third-order valence-corrected chi connectivity index (χ3v) is 8.46. The SMILES string of the molecule is CC[C@@H](C)NC(=O)[C@@H](Cc1ccccc1)N(Cc1ccccc1Cl)C(=O)CN(c1ccc(Cl)cc1Cl)S(C)(=O)=O. The average molecular weight is 625 g/mol. The second-order valence-corrected chi connectivity index (χ2v) is 12.7. The van der Waals surface area contributed by atoms with Crippen molar-refractivity contribution in [2.75, 3.05) is 17.1 Å². The third-order valence-electron chi connectivity index (χ3n) is 6.43. The number of hydrogen-bond donors (Lipinski definition) is 1. The molecule has 0 unspecified atom stereocenters. The molecule has 0 radical (unpaired) electrons. The van der Waals surface area contributed by atoms with Crippen molar-refractivity contribution in [3.8, 4) is 0 Å². The van der Waals surface area contributed by atoms with Gasteiger partial charge in [-0.05, 0) is 48.7 Å². The van der Waals surface area contributed by atoms with Crippen molar-refractivity contribution in [1.29, 1.82) is 0 Å². The van der Waals surface area contributed by atoms with Gasteiger partial charge in [-0.25, -0.2) is 8.42 Å². The number of sulfonamides is 1. The minimum atomic E-state index is -3.96. The van der Waals surface area contributed by atoms with Crippen molar-refractivity contribution < 1.29 is 18.0 Å². The van der Waals surface area contributed by atoms with Gasteiger partial charge in [-0.3, -0.25) is 13.9 Å². The zero-order valence-corrected chi connectivity index (χ0v) is 25.6. The first-order chi connectivity index (χ1) is 18.9. The van der Waals surface area contributed by atoms with E-state index in [1.807, 2.05) is 44.2 Å². The van der Waals surface area contributed by atoms with E-state index in [9.17, 15) is 18.0 Å². The summed E-state index contributed by atoms with van der Waals surface area (Å²) in [5, 5.41) is 3.79. The summed E-state index contributed by atoms with van der Waals surface area (Å²) in [6.45, 7) is 3.22. The van der Waals surface area contributed by atoms with Crippen LogP contribution in [0.5, 0.6) is 0 Å². The van der Waals surface area contributed by atoms with Crippen LogP contribution in [0.3, 0.4) is 0 Å². The molecule has 0 bridgehead atoms. The van der Waals surface area contributed by atoms with Crippen LogP contribution in [0.25, 0.3) is 0 Å². The number of amides is 2. The average Bonchev–Trinajstić information content (AvgIpc) is 2.90. The van der Waals surface area contributed by atoms with E-state index in [2.05, 4.69) is 5.32 Å². The van der Waals surface area contributed by atoms with E-state index in [0.29, 0.717) is 22.0 Å². The molecule has 0 heterocycles. The molecule has 11 heteroatoms. The molecule has 0 aliphatic heterocycles. The maximum Gasteiger partial charge on any atom is 0.244 e. The fourth-order valence-electron chi connectivity index (χ4n) is 4.08. The number of carbonyl (C=O) groups excluding carboxylic acids is 2. The van der Waals surface area contributed by atoms with E-state index in [4.69, 9.17) is 34.8 Å². The molecule has 0 saturated carbocycles. The summed E-state index contributed by atoms with van der Waals surface area (Å²) in [7, 11) is -3.96. The minimum Gasteiger partial charge on any atom is -0.352 e. The Labute approximate surface area is 251 Å². The minimum absolute atomic E-state index is 0.0180. The molecular formula is C29H32Cl3N3O4S. The largest absolute Gasteiger partial charge is 0.352 e. The summed E-state index contributed by atoms with van der Waals surface area (Å²) in [6, 6.07) is 19.6. The number of rotatable bonds is 12. The molecule has 3 aromatic carbocycles. The number of nitrogens with zero attached hydrogens (tertiary/aromatic N) is 2. The highest BCUT2D eigenvalue weighted by molar-refractivity contribution is 7.92. The fourth-order valence-corrected chi connectivity index (χ4v) is 5.70. The Kier molecular flexibility index (Phi) is 11.3. The molecule has 0 aromatic heterocycles. The normalized spacial score (nSPS) is 12.8. The highest BCUT2D eigenvalue weighted by atomic mass is 35.5. The molecule has 214 valence electrons. The Morgan fingerprint density at radius 2 is 1.57 bits per heavy atom. The maximum atomic E-state index is 14.1. The Hall–Kier alpha value is -2.78. The first-order valence-electron chi connectivity index (χ1n) is 12.7. The van der Waals surface area contributed by atoms with Crippen LogP contribution in [-0.4, -0.2) is 50.0 Å². The Morgan fingerprint density at radius 3 is 2.17 bits per heavy atom. The van der Waals surface area contributed by atoms with Gasteiger partial charge in [-0.1, -0.05) is 90.3 Å². The van der Waals surface area contributed by atoms with Gasteiger partial charge in [-0.15, -0.1) is 0 Å². The standard InChI is InChI=1S/C29H32Cl3N3O4S/c1-4-20(2)33-29(37)27(16-21-10-6-5-7-11-21)34(18-22-12-8-9-13-24(22)31)28(36)19-35(40(3,38)39)26-15-14-23(30)17-25(26)32/h5-15,17,20,27H,4,16,18-19H2,1-3H3,(H,33,37)/t20-,27-/m1/s1. The van der Waals surface area contributed by atoms with Crippen LogP contribution >= 0.6 is 34.8 Å².